The quantitative estimate of drug-likeness (QED) is 0.390. The first kappa shape index (κ1) is 25.3. The van der Waals surface area contributed by atoms with Crippen LogP contribution < -0.4 is 5.06 Å². The van der Waals surface area contributed by atoms with Crippen LogP contribution in [0.3, 0.4) is 0 Å². The Kier molecular flexibility index (Phi) is 6.82. The minimum absolute atomic E-state index is 0.117. The van der Waals surface area contributed by atoms with Gasteiger partial charge in [0.2, 0.25) is 0 Å². The number of esters is 1. The number of hydroxylamine groups is 1. The monoisotopic (exact) mass is 497 g/mol. The van der Waals surface area contributed by atoms with Crippen LogP contribution in [-0.4, -0.2) is 16.7 Å². The number of carbonyl (C=O) groups is 1. The van der Waals surface area contributed by atoms with Crippen molar-refractivity contribution in [1.82, 2.24) is 0 Å². The molecule has 3 aromatic rings. The molecule has 0 amide bonds. The van der Waals surface area contributed by atoms with E-state index in [9.17, 15) is 23.1 Å². The van der Waals surface area contributed by atoms with Gasteiger partial charge in [-0.1, -0.05) is 60.7 Å². The van der Waals surface area contributed by atoms with Crippen molar-refractivity contribution >= 4 is 11.7 Å². The number of hydrogen-bond donors (Lipinski definition) is 1. The van der Waals surface area contributed by atoms with E-state index < -0.39 is 35.5 Å². The molecule has 5 nitrogen and oxygen atoms in total. The van der Waals surface area contributed by atoms with E-state index in [1.165, 1.54) is 17.2 Å². The first-order chi connectivity index (χ1) is 17.0. The van der Waals surface area contributed by atoms with E-state index in [1.54, 1.807) is 75.4 Å². The highest BCUT2D eigenvalue weighted by Crippen LogP contribution is 2.45. The van der Waals surface area contributed by atoms with Crippen molar-refractivity contribution in [2.45, 2.75) is 44.7 Å². The summed E-state index contributed by atoms with van der Waals surface area (Å²) >= 11 is 0. The van der Waals surface area contributed by atoms with Gasteiger partial charge in [-0.05, 0) is 56.2 Å². The van der Waals surface area contributed by atoms with E-state index in [4.69, 9.17) is 9.57 Å². The highest BCUT2D eigenvalue weighted by molar-refractivity contribution is 5.92. The van der Waals surface area contributed by atoms with Gasteiger partial charge < -0.3 is 9.84 Å². The maximum atomic E-state index is 13.5. The lowest BCUT2D eigenvalue weighted by molar-refractivity contribution is -0.152. The molecule has 188 valence electrons. The molecular formula is C28H26F3NO4. The summed E-state index contributed by atoms with van der Waals surface area (Å²) in [5.41, 5.74) is -0.393. The van der Waals surface area contributed by atoms with Crippen LogP contribution in [-0.2, 0) is 20.5 Å². The molecule has 0 saturated carbocycles. The molecule has 1 heterocycles. The van der Waals surface area contributed by atoms with Crippen LogP contribution >= 0.6 is 0 Å². The number of benzene rings is 3. The van der Waals surface area contributed by atoms with Gasteiger partial charge in [-0.15, -0.1) is 0 Å². The van der Waals surface area contributed by atoms with Crippen LogP contribution in [0.5, 0.6) is 0 Å². The molecule has 0 unspecified atom stereocenters. The van der Waals surface area contributed by atoms with Crippen LogP contribution in [0.4, 0.5) is 18.9 Å². The Balaban J connectivity index is 1.92. The lowest BCUT2D eigenvalue weighted by atomic mass is 9.91. The third-order valence-electron chi connectivity index (χ3n) is 5.54. The van der Waals surface area contributed by atoms with Crippen molar-refractivity contribution in [1.29, 1.82) is 0 Å². The van der Waals surface area contributed by atoms with Gasteiger partial charge in [0, 0.05) is 0 Å². The predicted molar refractivity (Wildman–Crippen MR) is 129 cm³/mol. The zero-order chi connectivity index (χ0) is 26.1. The van der Waals surface area contributed by atoms with Gasteiger partial charge >= 0.3 is 12.1 Å². The number of ether oxygens (including phenoxy) is 1. The van der Waals surface area contributed by atoms with Crippen molar-refractivity contribution in [3.8, 4) is 0 Å². The standard InChI is InChI=1S/C28H26F3NO4/c1-27(2,3)35-26(34)22-23(18-14-16-20(17-15-18)28(29,30)31)32(21-12-8-5-9-13-21)36-25(24(22)33)19-10-6-4-7-11-19/h4-17,23,25,33H,1-3H3/t23-,25+/m0/s1. The molecule has 0 radical (unpaired) electrons. The van der Waals surface area contributed by atoms with E-state index in [-0.39, 0.29) is 11.3 Å². The summed E-state index contributed by atoms with van der Waals surface area (Å²) in [6.07, 6.45) is -5.56. The van der Waals surface area contributed by atoms with Crippen molar-refractivity contribution < 1.29 is 32.6 Å². The molecule has 8 heteroatoms. The molecule has 1 aliphatic heterocycles. The molecule has 1 N–H and O–H groups in total. The maximum absolute atomic E-state index is 13.5. The lowest BCUT2D eigenvalue weighted by Crippen LogP contribution is -2.41. The zero-order valence-electron chi connectivity index (χ0n) is 20.0. The number of nitrogens with zero attached hydrogens (tertiary/aromatic N) is 1. The predicted octanol–water partition coefficient (Wildman–Crippen LogP) is 7.09. The Hall–Kier alpha value is -3.78. The Bertz CT molecular complexity index is 1230. The SMILES string of the molecule is CC(C)(C)OC(=O)C1=C(O)[C@@H](c2ccccc2)ON(c2ccccc2)[C@H]1c1ccc(C(F)(F)F)cc1. The number of hydrogen-bond acceptors (Lipinski definition) is 5. The number of aliphatic hydroxyl groups excluding tert-OH is 1. The zero-order valence-corrected chi connectivity index (χ0v) is 20.0. The van der Waals surface area contributed by atoms with Crippen molar-refractivity contribution in [2.75, 3.05) is 5.06 Å². The average molecular weight is 498 g/mol. The third kappa shape index (κ3) is 5.39. The molecule has 3 aromatic carbocycles. The second kappa shape index (κ2) is 9.70. The third-order valence-corrected chi connectivity index (χ3v) is 5.54. The van der Waals surface area contributed by atoms with Gasteiger partial charge in [0.25, 0.3) is 0 Å². The second-order valence-electron chi connectivity index (χ2n) is 9.38. The smallest absolute Gasteiger partial charge is 0.416 e. The Morgan fingerprint density at radius 1 is 0.861 bits per heavy atom. The maximum Gasteiger partial charge on any atom is 0.416 e. The minimum atomic E-state index is -4.52. The van der Waals surface area contributed by atoms with E-state index in [1.807, 2.05) is 6.07 Å². The summed E-state index contributed by atoms with van der Waals surface area (Å²) in [5.74, 6) is -1.16. The second-order valence-corrected chi connectivity index (χ2v) is 9.38. The number of rotatable bonds is 4. The van der Waals surface area contributed by atoms with Crippen LogP contribution in [0.1, 0.15) is 49.6 Å². The Morgan fingerprint density at radius 3 is 1.94 bits per heavy atom. The van der Waals surface area contributed by atoms with Gasteiger partial charge in [0.15, 0.2) is 6.10 Å². The van der Waals surface area contributed by atoms with Crippen LogP contribution in [0.15, 0.2) is 96.3 Å². The molecule has 0 aliphatic carbocycles. The fourth-order valence-corrected chi connectivity index (χ4v) is 3.96. The summed E-state index contributed by atoms with van der Waals surface area (Å²) in [7, 11) is 0. The molecule has 0 fully saturated rings. The van der Waals surface area contributed by atoms with Gasteiger partial charge in [-0.2, -0.15) is 13.2 Å². The number of alkyl halides is 3. The number of carbonyl (C=O) groups excluding carboxylic acids is 1. The Morgan fingerprint density at radius 2 is 1.42 bits per heavy atom. The summed E-state index contributed by atoms with van der Waals surface area (Å²) in [5, 5.41) is 12.8. The first-order valence-electron chi connectivity index (χ1n) is 11.4. The molecule has 0 aromatic heterocycles. The van der Waals surface area contributed by atoms with E-state index in [0.717, 1.165) is 12.1 Å². The highest BCUT2D eigenvalue weighted by Gasteiger charge is 2.44. The van der Waals surface area contributed by atoms with Crippen molar-refractivity contribution in [2.24, 2.45) is 0 Å². The molecule has 36 heavy (non-hydrogen) atoms. The summed E-state index contributed by atoms with van der Waals surface area (Å²) in [4.78, 5) is 19.7. The van der Waals surface area contributed by atoms with Crippen LogP contribution in [0, 0.1) is 0 Å². The number of para-hydroxylation sites is 1. The number of halogens is 3. The van der Waals surface area contributed by atoms with Gasteiger partial charge in [0.1, 0.15) is 23.0 Å². The van der Waals surface area contributed by atoms with Crippen molar-refractivity contribution in [3.63, 3.8) is 0 Å². The molecule has 0 spiro atoms. The van der Waals surface area contributed by atoms with E-state index in [2.05, 4.69) is 0 Å². The molecule has 2 atom stereocenters. The molecular weight excluding hydrogens is 471 g/mol. The Labute approximate surface area is 207 Å². The normalized spacial score (nSPS) is 18.8. The summed E-state index contributed by atoms with van der Waals surface area (Å²) in [6.45, 7) is 5.08. The first-order valence-corrected chi connectivity index (χ1v) is 11.4. The molecule has 0 saturated heterocycles. The van der Waals surface area contributed by atoms with Gasteiger partial charge in [0.05, 0.1) is 11.3 Å². The van der Waals surface area contributed by atoms with Crippen LogP contribution in [0.2, 0.25) is 0 Å². The van der Waals surface area contributed by atoms with Gasteiger partial charge in [-0.25, -0.2) is 9.86 Å². The fraction of sp³-hybridized carbons (Fsp3) is 0.250. The summed E-state index contributed by atoms with van der Waals surface area (Å²) < 4.78 is 45.3. The number of aliphatic hydroxyl groups is 1. The van der Waals surface area contributed by atoms with Gasteiger partial charge in [-0.3, -0.25) is 4.84 Å². The number of anilines is 1. The fourth-order valence-electron chi connectivity index (χ4n) is 3.96. The minimum Gasteiger partial charge on any atom is -0.508 e. The largest absolute Gasteiger partial charge is 0.508 e. The van der Waals surface area contributed by atoms with Crippen molar-refractivity contribution in [3.05, 3.63) is 113 Å². The lowest BCUT2D eigenvalue weighted by Gasteiger charge is -2.41. The van der Waals surface area contributed by atoms with E-state index in [0.29, 0.717) is 16.8 Å². The van der Waals surface area contributed by atoms with E-state index >= 15 is 0 Å². The molecule has 0 bridgehead atoms. The average Bonchev–Trinajstić information content (AvgIpc) is 2.83. The highest BCUT2D eigenvalue weighted by atomic mass is 19.4. The molecule has 1 aliphatic rings. The summed E-state index contributed by atoms with van der Waals surface area (Å²) in [6, 6.07) is 21.0. The molecule has 4 rings (SSSR count). The van der Waals surface area contributed by atoms with Crippen LogP contribution in [0.25, 0.3) is 0 Å². The topological polar surface area (TPSA) is 59.0 Å².